The first-order valence-corrected chi connectivity index (χ1v) is 9.32. The molecule has 0 unspecified atom stereocenters. The zero-order chi connectivity index (χ0) is 20.6. The molecule has 0 saturated heterocycles. The van der Waals surface area contributed by atoms with Crippen LogP contribution in [0.3, 0.4) is 0 Å². The first-order valence-electron chi connectivity index (χ1n) is 8.65. The van der Waals surface area contributed by atoms with Gasteiger partial charge in [-0.1, -0.05) is 13.8 Å². The Morgan fingerprint density at radius 3 is 1.39 bits per heavy atom. The Morgan fingerprint density at radius 1 is 0.714 bits per heavy atom. The highest BCUT2D eigenvalue weighted by atomic mass is 35.5. The zero-order valence-corrected chi connectivity index (χ0v) is 16.7. The second-order valence-corrected chi connectivity index (χ2v) is 6.85. The summed E-state index contributed by atoms with van der Waals surface area (Å²) in [4.78, 5) is 49.5. The lowest BCUT2D eigenvalue weighted by molar-refractivity contribution is -0.118. The van der Waals surface area contributed by atoms with E-state index in [1.807, 2.05) is 0 Å². The second-order valence-electron chi connectivity index (χ2n) is 6.17. The average molecular weight is 419 g/mol. The van der Waals surface area contributed by atoms with Crippen LogP contribution in [0.2, 0.25) is 0 Å². The fourth-order valence-electron chi connectivity index (χ4n) is 2.94. The Hall–Kier alpha value is -2.70. The molecule has 2 aromatic rings. The molecule has 1 aliphatic rings. The van der Waals surface area contributed by atoms with Crippen molar-refractivity contribution in [3.8, 4) is 0 Å². The lowest BCUT2D eigenvalue weighted by Gasteiger charge is -2.22. The van der Waals surface area contributed by atoms with E-state index in [4.69, 9.17) is 23.6 Å². The third kappa shape index (κ3) is 3.30. The minimum Gasteiger partial charge on any atom is -0.289 e. The molecular formula is C20H16Cl2N2O4. The monoisotopic (exact) mass is 418 g/mol. The largest absolute Gasteiger partial charge is 0.289 e. The number of amides is 2. The fourth-order valence-corrected chi connectivity index (χ4v) is 3.39. The summed E-state index contributed by atoms with van der Waals surface area (Å²) in [7, 11) is 0. The molecule has 3 rings (SSSR count). The molecule has 0 radical (unpaired) electrons. The van der Waals surface area contributed by atoms with Crippen LogP contribution in [0.5, 0.6) is 0 Å². The predicted octanol–water partition coefficient (Wildman–Crippen LogP) is 4.26. The standard InChI is InChI=1S/C20H16Cl2N2O4/c1-3-17(25)23(21)11-5-7-13-15(9-11)19(27)14-8-6-12(10-16(14)20(13)28)24(22)18(26)4-2/h5-10H,3-4H2,1-2H3. The number of ketones is 2. The summed E-state index contributed by atoms with van der Waals surface area (Å²) in [5, 5.41) is 0. The van der Waals surface area contributed by atoms with Gasteiger partial charge in [-0.25, -0.2) is 8.84 Å². The Kier molecular flexibility index (Phi) is 5.54. The highest BCUT2D eigenvalue weighted by Crippen LogP contribution is 2.33. The second kappa shape index (κ2) is 7.73. The van der Waals surface area contributed by atoms with Crippen molar-refractivity contribution in [2.24, 2.45) is 0 Å². The van der Waals surface area contributed by atoms with Crippen molar-refractivity contribution in [3.05, 3.63) is 58.7 Å². The number of halogens is 2. The Balaban J connectivity index is 2.05. The van der Waals surface area contributed by atoms with Gasteiger partial charge in [-0.05, 0) is 36.4 Å². The van der Waals surface area contributed by atoms with E-state index >= 15 is 0 Å². The third-order valence-corrected chi connectivity index (χ3v) is 5.25. The Bertz CT molecular complexity index is 938. The molecule has 0 bridgehead atoms. The summed E-state index contributed by atoms with van der Waals surface area (Å²) in [6.07, 6.45) is 0.398. The van der Waals surface area contributed by atoms with Crippen molar-refractivity contribution in [2.45, 2.75) is 26.7 Å². The number of hydrogen-bond acceptors (Lipinski definition) is 4. The molecule has 8 heteroatoms. The van der Waals surface area contributed by atoms with Crippen LogP contribution in [0.4, 0.5) is 11.4 Å². The van der Waals surface area contributed by atoms with Gasteiger partial charge in [0, 0.05) is 58.6 Å². The molecule has 0 aliphatic heterocycles. The fraction of sp³-hybridized carbons (Fsp3) is 0.200. The van der Waals surface area contributed by atoms with Gasteiger partial charge >= 0.3 is 0 Å². The molecule has 144 valence electrons. The number of rotatable bonds is 4. The summed E-state index contributed by atoms with van der Waals surface area (Å²) in [6, 6.07) is 8.81. The number of benzene rings is 2. The molecule has 28 heavy (non-hydrogen) atoms. The number of hydrogen-bond donors (Lipinski definition) is 0. The lowest BCUT2D eigenvalue weighted by atomic mass is 9.83. The van der Waals surface area contributed by atoms with Gasteiger partial charge in [0.25, 0.3) is 0 Å². The van der Waals surface area contributed by atoms with Crippen LogP contribution in [0, 0.1) is 0 Å². The lowest BCUT2D eigenvalue weighted by Crippen LogP contribution is -2.25. The molecule has 0 saturated carbocycles. The van der Waals surface area contributed by atoms with E-state index in [1.165, 1.54) is 36.4 Å². The molecule has 2 aromatic carbocycles. The zero-order valence-electron chi connectivity index (χ0n) is 15.2. The van der Waals surface area contributed by atoms with Crippen molar-refractivity contribution in [3.63, 3.8) is 0 Å². The highest BCUT2D eigenvalue weighted by molar-refractivity contribution is 6.38. The van der Waals surface area contributed by atoms with Gasteiger partial charge in [0.2, 0.25) is 11.8 Å². The van der Waals surface area contributed by atoms with Gasteiger partial charge in [0.05, 0.1) is 11.4 Å². The molecule has 0 atom stereocenters. The summed E-state index contributed by atoms with van der Waals surface area (Å²) in [5.41, 5.74) is 1.38. The van der Waals surface area contributed by atoms with Gasteiger partial charge in [-0.3, -0.25) is 19.2 Å². The molecule has 0 N–H and O–H groups in total. The highest BCUT2D eigenvalue weighted by Gasteiger charge is 2.31. The molecule has 2 amide bonds. The predicted molar refractivity (Wildman–Crippen MR) is 107 cm³/mol. The Labute approximate surface area is 171 Å². The molecule has 0 fully saturated rings. The van der Waals surface area contributed by atoms with Gasteiger partial charge in [-0.15, -0.1) is 0 Å². The minimum atomic E-state index is -0.366. The van der Waals surface area contributed by atoms with Crippen LogP contribution in [0.25, 0.3) is 0 Å². The van der Waals surface area contributed by atoms with Gasteiger partial charge in [0.1, 0.15) is 0 Å². The van der Waals surface area contributed by atoms with Gasteiger partial charge in [-0.2, -0.15) is 0 Å². The van der Waals surface area contributed by atoms with Crippen LogP contribution in [0.1, 0.15) is 58.5 Å². The number of anilines is 2. The summed E-state index contributed by atoms with van der Waals surface area (Å²) < 4.78 is 1.86. The summed E-state index contributed by atoms with van der Waals surface area (Å²) in [5.74, 6) is -1.39. The van der Waals surface area contributed by atoms with E-state index in [-0.39, 0.29) is 58.5 Å². The van der Waals surface area contributed by atoms with Crippen LogP contribution in [-0.4, -0.2) is 23.4 Å². The minimum absolute atomic E-state index is 0.171. The van der Waals surface area contributed by atoms with Crippen molar-refractivity contribution >= 4 is 58.3 Å². The normalized spacial score (nSPS) is 12.3. The van der Waals surface area contributed by atoms with Crippen molar-refractivity contribution in [1.29, 1.82) is 0 Å². The van der Waals surface area contributed by atoms with E-state index < -0.39 is 0 Å². The average Bonchev–Trinajstić information content (AvgIpc) is 2.74. The topological polar surface area (TPSA) is 74.8 Å². The number of carbonyl (C=O) groups excluding carboxylic acids is 4. The quantitative estimate of drug-likeness (QED) is 0.593. The van der Waals surface area contributed by atoms with Crippen LogP contribution in [-0.2, 0) is 9.59 Å². The van der Waals surface area contributed by atoms with Gasteiger partial charge < -0.3 is 0 Å². The number of carbonyl (C=O) groups is 4. The summed E-state index contributed by atoms with van der Waals surface area (Å²) in [6.45, 7) is 3.34. The maximum atomic E-state index is 12.9. The molecule has 0 aromatic heterocycles. The van der Waals surface area contributed by atoms with E-state index in [9.17, 15) is 19.2 Å². The van der Waals surface area contributed by atoms with E-state index in [1.54, 1.807) is 13.8 Å². The SMILES string of the molecule is CCC(=O)N(Cl)c1ccc2c(c1)C(=O)c1ccc(N(Cl)C(=O)CC)cc1C2=O. The first kappa shape index (κ1) is 20.0. The van der Waals surface area contributed by atoms with E-state index in [2.05, 4.69) is 0 Å². The first-order chi connectivity index (χ1) is 13.3. The smallest absolute Gasteiger partial charge is 0.241 e. The molecule has 6 nitrogen and oxygen atoms in total. The van der Waals surface area contributed by atoms with Crippen molar-refractivity contribution in [2.75, 3.05) is 8.84 Å². The number of nitrogens with zero attached hydrogens (tertiary/aromatic N) is 2. The van der Waals surface area contributed by atoms with E-state index in [0.29, 0.717) is 11.4 Å². The van der Waals surface area contributed by atoms with Crippen LogP contribution in [0.15, 0.2) is 36.4 Å². The third-order valence-electron chi connectivity index (χ3n) is 4.48. The molecular weight excluding hydrogens is 403 g/mol. The molecule has 0 spiro atoms. The maximum Gasteiger partial charge on any atom is 0.241 e. The maximum absolute atomic E-state index is 12.9. The van der Waals surface area contributed by atoms with Crippen molar-refractivity contribution in [1.82, 2.24) is 0 Å². The van der Waals surface area contributed by atoms with Gasteiger partial charge in [0.15, 0.2) is 11.6 Å². The number of fused-ring (bicyclic) bond motifs is 2. The summed E-state index contributed by atoms with van der Waals surface area (Å²) >= 11 is 12.0. The molecule has 1 aliphatic carbocycles. The molecule has 0 heterocycles. The van der Waals surface area contributed by atoms with Crippen LogP contribution >= 0.6 is 23.6 Å². The van der Waals surface area contributed by atoms with Crippen molar-refractivity contribution < 1.29 is 19.2 Å². The Morgan fingerprint density at radius 2 is 1.07 bits per heavy atom. The van der Waals surface area contributed by atoms with Crippen LogP contribution < -0.4 is 8.84 Å². The van der Waals surface area contributed by atoms with E-state index in [0.717, 1.165) is 8.84 Å².